The zero-order chi connectivity index (χ0) is 10.9. The molecule has 1 saturated carbocycles. The summed E-state index contributed by atoms with van der Waals surface area (Å²) in [5.74, 6) is 2.15. The molecule has 1 aliphatic carbocycles. The van der Waals surface area contributed by atoms with Crippen LogP contribution in [0.25, 0.3) is 0 Å². The quantitative estimate of drug-likeness (QED) is 0.822. The zero-order valence-electron chi connectivity index (χ0n) is 9.71. The highest BCUT2D eigenvalue weighted by Gasteiger charge is 2.29. The van der Waals surface area contributed by atoms with Crippen LogP contribution in [-0.4, -0.2) is 22.3 Å². The molecule has 0 aliphatic heterocycles. The minimum Gasteiger partial charge on any atom is -0.425 e. The molecule has 1 fully saturated rings. The van der Waals surface area contributed by atoms with Crippen LogP contribution in [0.1, 0.15) is 51.3 Å². The van der Waals surface area contributed by atoms with Gasteiger partial charge >= 0.3 is 0 Å². The number of aromatic nitrogens is 2. The number of hydrogen-bond donors (Lipinski definition) is 1. The normalized spacial score (nSPS) is 17.0. The van der Waals surface area contributed by atoms with Gasteiger partial charge in [-0.25, -0.2) is 0 Å². The lowest BCUT2D eigenvalue weighted by Crippen LogP contribution is -2.37. The van der Waals surface area contributed by atoms with Crippen molar-refractivity contribution in [2.45, 2.75) is 51.5 Å². The van der Waals surface area contributed by atoms with Gasteiger partial charge in [-0.05, 0) is 33.6 Å². The Balaban J connectivity index is 1.78. The summed E-state index contributed by atoms with van der Waals surface area (Å²) in [6.07, 6.45) is 3.24. The molecular formula is C11H19N3O. The van der Waals surface area contributed by atoms with E-state index in [-0.39, 0.29) is 5.54 Å². The van der Waals surface area contributed by atoms with Crippen molar-refractivity contribution in [1.82, 2.24) is 15.5 Å². The van der Waals surface area contributed by atoms with Gasteiger partial charge in [-0.15, -0.1) is 10.2 Å². The summed E-state index contributed by atoms with van der Waals surface area (Å²) in [7, 11) is 0. The zero-order valence-corrected chi connectivity index (χ0v) is 9.71. The van der Waals surface area contributed by atoms with Crippen LogP contribution in [0.15, 0.2) is 4.42 Å². The molecule has 1 N–H and O–H groups in total. The largest absolute Gasteiger partial charge is 0.425 e. The molecule has 0 atom stereocenters. The molecule has 4 heteroatoms. The third kappa shape index (κ3) is 3.30. The molecule has 15 heavy (non-hydrogen) atoms. The maximum Gasteiger partial charge on any atom is 0.219 e. The van der Waals surface area contributed by atoms with Crippen LogP contribution in [0.5, 0.6) is 0 Å². The van der Waals surface area contributed by atoms with Crippen LogP contribution in [0.2, 0.25) is 0 Å². The van der Waals surface area contributed by atoms with E-state index in [0.717, 1.165) is 24.7 Å². The summed E-state index contributed by atoms with van der Waals surface area (Å²) >= 11 is 0. The van der Waals surface area contributed by atoms with Crippen molar-refractivity contribution >= 4 is 0 Å². The van der Waals surface area contributed by atoms with Gasteiger partial charge in [-0.3, -0.25) is 0 Å². The average Bonchev–Trinajstić information content (AvgIpc) is 2.86. The smallest absolute Gasteiger partial charge is 0.219 e. The molecule has 1 aromatic heterocycles. The lowest BCUT2D eigenvalue weighted by atomic mass is 10.1. The highest BCUT2D eigenvalue weighted by Crippen LogP contribution is 2.38. The Morgan fingerprint density at radius 2 is 2.07 bits per heavy atom. The minimum absolute atomic E-state index is 0.152. The standard InChI is InChI=1S/C11H19N3O/c1-11(2,3)12-7-6-9-13-14-10(15-9)8-4-5-8/h8,12H,4-7H2,1-3H3. The van der Waals surface area contributed by atoms with Crippen molar-refractivity contribution in [2.24, 2.45) is 0 Å². The average molecular weight is 209 g/mol. The maximum absolute atomic E-state index is 5.56. The Labute approximate surface area is 90.5 Å². The predicted molar refractivity (Wildman–Crippen MR) is 57.7 cm³/mol. The Kier molecular flexibility index (Phi) is 2.78. The first-order chi connectivity index (χ1) is 7.04. The number of rotatable bonds is 4. The maximum atomic E-state index is 5.56. The van der Waals surface area contributed by atoms with E-state index < -0.39 is 0 Å². The molecule has 4 nitrogen and oxygen atoms in total. The minimum atomic E-state index is 0.152. The first-order valence-electron chi connectivity index (χ1n) is 5.62. The van der Waals surface area contributed by atoms with Gasteiger partial charge in [0.25, 0.3) is 0 Å². The Bertz CT molecular complexity index is 323. The fourth-order valence-electron chi connectivity index (χ4n) is 1.41. The van der Waals surface area contributed by atoms with Gasteiger partial charge in [0.1, 0.15) is 0 Å². The van der Waals surface area contributed by atoms with Crippen molar-refractivity contribution in [1.29, 1.82) is 0 Å². The molecule has 0 unspecified atom stereocenters. The van der Waals surface area contributed by atoms with Crippen LogP contribution in [0, 0.1) is 0 Å². The first kappa shape index (κ1) is 10.6. The Morgan fingerprint density at radius 1 is 1.33 bits per heavy atom. The van der Waals surface area contributed by atoms with Gasteiger partial charge in [0, 0.05) is 24.4 Å². The van der Waals surface area contributed by atoms with Crippen LogP contribution in [-0.2, 0) is 6.42 Å². The van der Waals surface area contributed by atoms with Crippen LogP contribution in [0.3, 0.4) is 0 Å². The van der Waals surface area contributed by atoms with Crippen molar-refractivity contribution < 1.29 is 4.42 Å². The number of nitrogens with zero attached hydrogens (tertiary/aromatic N) is 2. The molecule has 0 radical (unpaired) electrons. The van der Waals surface area contributed by atoms with Gasteiger partial charge in [0.15, 0.2) is 0 Å². The number of hydrogen-bond acceptors (Lipinski definition) is 4. The number of nitrogens with one attached hydrogen (secondary N) is 1. The van der Waals surface area contributed by atoms with E-state index >= 15 is 0 Å². The van der Waals surface area contributed by atoms with E-state index in [2.05, 4.69) is 36.3 Å². The fourth-order valence-corrected chi connectivity index (χ4v) is 1.41. The molecule has 1 heterocycles. The Morgan fingerprint density at radius 3 is 2.67 bits per heavy atom. The second kappa shape index (κ2) is 3.93. The van der Waals surface area contributed by atoms with E-state index in [1.165, 1.54) is 12.8 Å². The summed E-state index contributed by atoms with van der Waals surface area (Å²) in [6.45, 7) is 7.33. The lowest BCUT2D eigenvalue weighted by molar-refractivity contribution is 0.401. The lowest BCUT2D eigenvalue weighted by Gasteiger charge is -2.19. The third-order valence-corrected chi connectivity index (χ3v) is 2.40. The van der Waals surface area contributed by atoms with Gasteiger partial charge in [0.2, 0.25) is 11.8 Å². The van der Waals surface area contributed by atoms with Crippen LogP contribution >= 0.6 is 0 Å². The second-order valence-electron chi connectivity index (χ2n) is 5.24. The van der Waals surface area contributed by atoms with E-state index in [9.17, 15) is 0 Å². The summed E-state index contributed by atoms with van der Waals surface area (Å²) in [5.41, 5.74) is 0.152. The molecular weight excluding hydrogens is 190 g/mol. The van der Waals surface area contributed by atoms with E-state index in [1.54, 1.807) is 0 Å². The molecule has 1 aromatic rings. The predicted octanol–water partition coefficient (Wildman–Crippen LogP) is 1.88. The molecule has 0 amide bonds. The van der Waals surface area contributed by atoms with Crippen molar-refractivity contribution in [3.05, 3.63) is 11.8 Å². The van der Waals surface area contributed by atoms with E-state index in [0.29, 0.717) is 5.92 Å². The topological polar surface area (TPSA) is 51.0 Å². The van der Waals surface area contributed by atoms with Crippen molar-refractivity contribution in [2.75, 3.05) is 6.54 Å². The van der Waals surface area contributed by atoms with Gasteiger partial charge in [-0.2, -0.15) is 0 Å². The molecule has 0 bridgehead atoms. The molecule has 84 valence electrons. The fraction of sp³-hybridized carbons (Fsp3) is 0.818. The molecule has 0 saturated heterocycles. The van der Waals surface area contributed by atoms with E-state index in [1.807, 2.05) is 0 Å². The highest BCUT2D eigenvalue weighted by atomic mass is 16.4. The van der Waals surface area contributed by atoms with Crippen molar-refractivity contribution in [3.8, 4) is 0 Å². The SMILES string of the molecule is CC(C)(C)NCCc1nnc(C2CC2)o1. The summed E-state index contributed by atoms with van der Waals surface area (Å²) in [4.78, 5) is 0. The van der Waals surface area contributed by atoms with Crippen molar-refractivity contribution in [3.63, 3.8) is 0 Å². The molecule has 0 spiro atoms. The van der Waals surface area contributed by atoms with Gasteiger partial charge < -0.3 is 9.73 Å². The molecule has 1 aliphatic rings. The van der Waals surface area contributed by atoms with Crippen LogP contribution in [0.4, 0.5) is 0 Å². The van der Waals surface area contributed by atoms with Gasteiger partial charge in [-0.1, -0.05) is 0 Å². The summed E-state index contributed by atoms with van der Waals surface area (Å²) in [5, 5.41) is 11.5. The van der Waals surface area contributed by atoms with Gasteiger partial charge in [0.05, 0.1) is 0 Å². The highest BCUT2D eigenvalue weighted by molar-refractivity contribution is 5.00. The first-order valence-corrected chi connectivity index (χ1v) is 5.62. The summed E-state index contributed by atoms with van der Waals surface area (Å²) < 4.78 is 5.56. The third-order valence-electron chi connectivity index (χ3n) is 2.40. The summed E-state index contributed by atoms with van der Waals surface area (Å²) in [6, 6.07) is 0. The monoisotopic (exact) mass is 209 g/mol. The Hall–Kier alpha value is -0.900. The second-order valence-corrected chi connectivity index (χ2v) is 5.24. The molecule has 0 aromatic carbocycles. The molecule has 2 rings (SSSR count). The van der Waals surface area contributed by atoms with Crippen LogP contribution < -0.4 is 5.32 Å². The van der Waals surface area contributed by atoms with E-state index in [4.69, 9.17) is 4.42 Å².